The zero-order chi connectivity index (χ0) is 12.4. The average Bonchev–Trinajstić information content (AvgIpc) is 2.71. The van der Waals surface area contributed by atoms with Gasteiger partial charge in [0, 0.05) is 5.56 Å². The Labute approximate surface area is 101 Å². The molecule has 0 saturated heterocycles. The predicted octanol–water partition coefficient (Wildman–Crippen LogP) is 2.32. The van der Waals surface area contributed by atoms with Crippen LogP contribution in [-0.2, 0) is 4.74 Å². The van der Waals surface area contributed by atoms with Crippen molar-refractivity contribution in [2.24, 2.45) is 0 Å². The minimum absolute atomic E-state index is 0.256. The van der Waals surface area contributed by atoms with Crippen LogP contribution in [0.1, 0.15) is 9.67 Å². The van der Waals surface area contributed by atoms with Crippen molar-refractivity contribution in [3.63, 3.8) is 0 Å². The van der Waals surface area contributed by atoms with Crippen LogP contribution in [-0.4, -0.2) is 17.5 Å². The second-order valence-corrected chi connectivity index (χ2v) is 4.05. The largest absolute Gasteiger partial charge is 0.465 e. The SMILES string of the molecule is COC(=O)c1snc(-c2ccc(F)cc2)c1N. The number of nitrogen functional groups attached to an aromatic ring is 1. The van der Waals surface area contributed by atoms with Gasteiger partial charge in [-0.3, -0.25) is 0 Å². The summed E-state index contributed by atoms with van der Waals surface area (Å²) < 4.78 is 21.4. The van der Waals surface area contributed by atoms with Gasteiger partial charge in [0.2, 0.25) is 0 Å². The average molecular weight is 252 g/mol. The van der Waals surface area contributed by atoms with E-state index in [1.165, 1.54) is 19.2 Å². The fourth-order valence-electron chi connectivity index (χ4n) is 1.35. The van der Waals surface area contributed by atoms with Crippen LogP contribution in [0.15, 0.2) is 24.3 Å². The molecule has 2 N–H and O–H groups in total. The normalized spacial score (nSPS) is 10.2. The van der Waals surface area contributed by atoms with Crippen LogP contribution in [0.25, 0.3) is 11.3 Å². The standard InChI is InChI=1S/C11H9FN2O2S/c1-16-11(15)10-8(13)9(14-17-10)6-2-4-7(12)5-3-6/h2-5H,13H2,1H3. The molecule has 0 aliphatic rings. The van der Waals surface area contributed by atoms with E-state index in [4.69, 9.17) is 5.73 Å². The van der Waals surface area contributed by atoms with Gasteiger partial charge in [-0.1, -0.05) is 0 Å². The molecule has 0 aliphatic heterocycles. The molecule has 1 aromatic heterocycles. The van der Waals surface area contributed by atoms with Crippen molar-refractivity contribution in [1.29, 1.82) is 0 Å². The maximum Gasteiger partial charge on any atom is 0.351 e. The second kappa shape index (κ2) is 4.50. The molecular formula is C11H9FN2O2S. The zero-order valence-corrected chi connectivity index (χ0v) is 9.75. The molecule has 0 radical (unpaired) electrons. The molecule has 2 rings (SSSR count). The quantitative estimate of drug-likeness (QED) is 0.833. The Balaban J connectivity index is 2.44. The Hall–Kier alpha value is -1.95. The fraction of sp³-hybridized carbons (Fsp3) is 0.0909. The molecule has 0 saturated carbocycles. The Bertz CT molecular complexity index is 551. The van der Waals surface area contributed by atoms with Crippen LogP contribution in [0.4, 0.5) is 10.1 Å². The maximum absolute atomic E-state index is 12.8. The van der Waals surface area contributed by atoms with Crippen molar-refractivity contribution >= 4 is 23.2 Å². The van der Waals surface area contributed by atoms with Crippen LogP contribution in [0, 0.1) is 5.82 Å². The van der Waals surface area contributed by atoms with Crippen LogP contribution >= 0.6 is 11.5 Å². The van der Waals surface area contributed by atoms with Gasteiger partial charge in [0.15, 0.2) is 4.88 Å². The summed E-state index contributed by atoms with van der Waals surface area (Å²) in [5.74, 6) is -0.857. The third kappa shape index (κ3) is 2.12. The summed E-state index contributed by atoms with van der Waals surface area (Å²) in [5, 5.41) is 0. The van der Waals surface area contributed by atoms with Crippen molar-refractivity contribution in [1.82, 2.24) is 4.37 Å². The van der Waals surface area contributed by atoms with Gasteiger partial charge in [-0.05, 0) is 35.8 Å². The third-order valence-corrected chi connectivity index (χ3v) is 3.06. The van der Waals surface area contributed by atoms with Crippen molar-refractivity contribution in [3.8, 4) is 11.3 Å². The fourth-order valence-corrected chi connectivity index (χ4v) is 2.09. The number of anilines is 1. The monoisotopic (exact) mass is 252 g/mol. The first kappa shape index (κ1) is 11.5. The molecule has 88 valence electrons. The van der Waals surface area contributed by atoms with Gasteiger partial charge < -0.3 is 10.5 Å². The lowest BCUT2D eigenvalue weighted by atomic mass is 10.1. The molecule has 0 aliphatic carbocycles. The Kier molecular flexibility index (Phi) is 3.06. The summed E-state index contributed by atoms with van der Waals surface area (Å²) in [7, 11) is 1.28. The molecule has 0 spiro atoms. The molecule has 17 heavy (non-hydrogen) atoms. The molecule has 6 heteroatoms. The van der Waals surface area contributed by atoms with E-state index < -0.39 is 5.97 Å². The summed E-state index contributed by atoms with van der Waals surface area (Å²) in [5.41, 5.74) is 7.19. The molecule has 0 fully saturated rings. The number of carbonyl (C=O) groups excluding carboxylic acids is 1. The number of ether oxygens (including phenoxy) is 1. The maximum atomic E-state index is 12.8. The molecule has 0 bridgehead atoms. The van der Waals surface area contributed by atoms with Crippen LogP contribution in [0.3, 0.4) is 0 Å². The number of nitrogens with zero attached hydrogens (tertiary/aromatic N) is 1. The van der Waals surface area contributed by atoms with Gasteiger partial charge in [-0.15, -0.1) is 0 Å². The highest BCUT2D eigenvalue weighted by molar-refractivity contribution is 7.09. The number of halogens is 1. The number of esters is 1. The molecular weight excluding hydrogens is 243 g/mol. The number of methoxy groups -OCH3 is 1. The van der Waals surface area contributed by atoms with E-state index in [1.54, 1.807) is 12.1 Å². The number of nitrogens with two attached hydrogens (primary N) is 1. The topological polar surface area (TPSA) is 65.2 Å². The number of rotatable bonds is 2. The van der Waals surface area contributed by atoms with E-state index in [2.05, 4.69) is 9.11 Å². The minimum Gasteiger partial charge on any atom is -0.465 e. The summed E-state index contributed by atoms with van der Waals surface area (Å²) in [6.07, 6.45) is 0. The molecule has 1 heterocycles. The first-order valence-corrected chi connectivity index (χ1v) is 5.50. The van der Waals surface area contributed by atoms with Crippen LogP contribution in [0.2, 0.25) is 0 Å². The van der Waals surface area contributed by atoms with Gasteiger partial charge in [0.25, 0.3) is 0 Å². The van der Waals surface area contributed by atoms with Crippen molar-refractivity contribution in [2.45, 2.75) is 0 Å². The number of hydrogen-bond acceptors (Lipinski definition) is 5. The van der Waals surface area contributed by atoms with E-state index in [-0.39, 0.29) is 16.4 Å². The van der Waals surface area contributed by atoms with Gasteiger partial charge >= 0.3 is 5.97 Å². The molecule has 2 aromatic rings. The molecule has 0 unspecified atom stereocenters. The molecule has 0 atom stereocenters. The number of aromatic nitrogens is 1. The Morgan fingerprint density at radius 3 is 2.65 bits per heavy atom. The zero-order valence-electron chi connectivity index (χ0n) is 8.94. The summed E-state index contributed by atoms with van der Waals surface area (Å²) >= 11 is 0.965. The minimum atomic E-state index is -0.520. The van der Waals surface area contributed by atoms with E-state index >= 15 is 0 Å². The first-order valence-electron chi connectivity index (χ1n) is 4.73. The van der Waals surface area contributed by atoms with Crippen LogP contribution < -0.4 is 5.73 Å². The van der Waals surface area contributed by atoms with Crippen LogP contribution in [0.5, 0.6) is 0 Å². The highest BCUT2D eigenvalue weighted by atomic mass is 32.1. The molecule has 1 aromatic carbocycles. The van der Waals surface area contributed by atoms with E-state index in [0.29, 0.717) is 11.3 Å². The van der Waals surface area contributed by atoms with Gasteiger partial charge in [-0.25, -0.2) is 9.18 Å². The van der Waals surface area contributed by atoms with Gasteiger partial charge in [-0.2, -0.15) is 4.37 Å². The van der Waals surface area contributed by atoms with Crippen molar-refractivity contribution in [3.05, 3.63) is 35.0 Å². The lowest BCUT2D eigenvalue weighted by Crippen LogP contribution is -2.02. The van der Waals surface area contributed by atoms with Gasteiger partial charge in [0.1, 0.15) is 11.5 Å². The van der Waals surface area contributed by atoms with Crippen molar-refractivity contribution < 1.29 is 13.9 Å². The first-order chi connectivity index (χ1) is 8.13. The summed E-state index contributed by atoms with van der Waals surface area (Å²) in [4.78, 5) is 11.6. The summed E-state index contributed by atoms with van der Waals surface area (Å²) in [6, 6.07) is 5.74. The number of hydrogen-bond donors (Lipinski definition) is 1. The Morgan fingerprint density at radius 2 is 2.06 bits per heavy atom. The third-order valence-electron chi connectivity index (χ3n) is 2.22. The lowest BCUT2D eigenvalue weighted by molar-refractivity contribution is 0.0607. The van der Waals surface area contributed by atoms with Crippen molar-refractivity contribution in [2.75, 3.05) is 12.8 Å². The Morgan fingerprint density at radius 1 is 1.41 bits per heavy atom. The highest BCUT2D eigenvalue weighted by Gasteiger charge is 2.18. The second-order valence-electron chi connectivity index (χ2n) is 3.27. The summed E-state index contributed by atoms with van der Waals surface area (Å²) in [6.45, 7) is 0. The smallest absolute Gasteiger partial charge is 0.351 e. The number of carbonyl (C=O) groups is 1. The highest BCUT2D eigenvalue weighted by Crippen LogP contribution is 2.31. The number of benzene rings is 1. The lowest BCUT2D eigenvalue weighted by Gasteiger charge is -1.99. The van der Waals surface area contributed by atoms with Gasteiger partial charge in [0.05, 0.1) is 12.8 Å². The predicted molar refractivity (Wildman–Crippen MR) is 63.3 cm³/mol. The van der Waals surface area contributed by atoms with E-state index in [9.17, 15) is 9.18 Å². The molecule has 0 amide bonds. The van der Waals surface area contributed by atoms with E-state index in [0.717, 1.165) is 11.5 Å². The van der Waals surface area contributed by atoms with E-state index in [1.807, 2.05) is 0 Å². The molecule has 4 nitrogen and oxygen atoms in total.